The maximum absolute atomic E-state index is 12.1. The number of hydrogen-bond acceptors (Lipinski definition) is 5. The van der Waals surface area contributed by atoms with E-state index in [1.54, 1.807) is 17.1 Å². The van der Waals surface area contributed by atoms with E-state index in [0.29, 0.717) is 6.54 Å². The summed E-state index contributed by atoms with van der Waals surface area (Å²) in [6.07, 6.45) is 6.09. The molecule has 3 N–H and O–H groups in total. The first kappa shape index (κ1) is 14.7. The number of rotatable bonds is 8. The van der Waals surface area contributed by atoms with Crippen LogP contribution in [0.25, 0.3) is 0 Å². The molecule has 20 heavy (non-hydrogen) atoms. The number of likely N-dealkylation sites (N-methyl/N-ethyl adjacent to an activating group) is 1. The molecule has 0 unspecified atom stereocenters. The zero-order valence-corrected chi connectivity index (χ0v) is 12.0. The fraction of sp³-hybridized carbons (Fsp3) is 0.455. The topological polar surface area (TPSA) is 105 Å². The number of nitrogens with zero attached hydrogens (tertiary/aromatic N) is 3. The molecule has 0 fully saturated rings. The minimum absolute atomic E-state index is 0.164. The van der Waals surface area contributed by atoms with Crippen LogP contribution in [0.1, 0.15) is 12.5 Å². The Bertz CT molecular complexity index is 619. The summed E-state index contributed by atoms with van der Waals surface area (Å²) in [7, 11) is -3.54. The van der Waals surface area contributed by atoms with Crippen molar-refractivity contribution >= 4 is 10.0 Å². The SMILES string of the molecule is CCNCCn1cc(S(=O)(=O)NCc2cn[nH]c2)cn1. The molecule has 2 heterocycles. The van der Waals surface area contributed by atoms with Crippen LogP contribution in [0.3, 0.4) is 0 Å². The molecule has 0 aliphatic rings. The molecular formula is C11H18N6O2S. The molecule has 0 aliphatic heterocycles. The Hall–Kier alpha value is -1.71. The summed E-state index contributed by atoms with van der Waals surface area (Å²) in [5.74, 6) is 0. The molecule has 0 atom stereocenters. The third kappa shape index (κ3) is 3.89. The van der Waals surface area contributed by atoms with Crippen LogP contribution in [0.4, 0.5) is 0 Å². The van der Waals surface area contributed by atoms with Crippen molar-refractivity contribution in [3.05, 3.63) is 30.4 Å². The van der Waals surface area contributed by atoms with Crippen molar-refractivity contribution in [2.45, 2.75) is 24.9 Å². The average Bonchev–Trinajstić information content (AvgIpc) is 3.08. The van der Waals surface area contributed by atoms with Crippen LogP contribution in [0, 0.1) is 0 Å². The summed E-state index contributed by atoms with van der Waals surface area (Å²) in [4.78, 5) is 0.164. The highest BCUT2D eigenvalue weighted by Crippen LogP contribution is 2.07. The number of nitrogens with one attached hydrogen (secondary N) is 3. The van der Waals surface area contributed by atoms with Gasteiger partial charge in [0.25, 0.3) is 0 Å². The Morgan fingerprint density at radius 1 is 1.40 bits per heavy atom. The van der Waals surface area contributed by atoms with Gasteiger partial charge in [-0.25, -0.2) is 13.1 Å². The van der Waals surface area contributed by atoms with E-state index < -0.39 is 10.0 Å². The Kier molecular flexibility index (Phi) is 4.88. The van der Waals surface area contributed by atoms with Crippen LogP contribution in [0.5, 0.6) is 0 Å². The Morgan fingerprint density at radius 3 is 2.95 bits per heavy atom. The van der Waals surface area contributed by atoms with Gasteiger partial charge in [0.15, 0.2) is 0 Å². The highest BCUT2D eigenvalue weighted by molar-refractivity contribution is 7.89. The van der Waals surface area contributed by atoms with Crippen LogP contribution < -0.4 is 10.0 Å². The summed E-state index contributed by atoms with van der Waals surface area (Å²) in [6.45, 7) is 4.46. The average molecular weight is 298 g/mol. The molecule has 0 saturated heterocycles. The van der Waals surface area contributed by atoms with E-state index in [4.69, 9.17) is 0 Å². The molecule has 2 aromatic heterocycles. The Morgan fingerprint density at radius 2 is 2.25 bits per heavy atom. The monoisotopic (exact) mass is 298 g/mol. The first-order valence-corrected chi connectivity index (χ1v) is 7.80. The van der Waals surface area contributed by atoms with E-state index in [-0.39, 0.29) is 11.4 Å². The van der Waals surface area contributed by atoms with E-state index in [9.17, 15) is 8.42 Å². The van der Waals surface area contributed by atoms with Crippen LogP contribution in [-0.2, 0) is 23.1 Å². The molecule has 8 nitrogen and oxygen atoms in total. The van der Waals surface area contributed by atoms with Gasteiger partial charge in [0.1, 0.15) is 4.90 Å². The molecule has 0 saturated carbocycles. The number of sulfonamides is 1. The van der Waals surface area contributed by atoms with Crippen molar-refractivity contribution in [3.63, 3.8) is 0 Å². The number of aromatic amines is 1. The van der Waals surface area contributed by atoms with Gasteiger partial charge < -0.3 is 5.32 Å². The molecule has 0 bridgehead atoms. The summed E-state index contributed by atoms with van der Waals surface area (Å²) in [6, 6.07) is 0. The van der Waals surface area contributed by atoms with Gasteiger partial charge in [-0.2, -0.15) is 10.2 Å². The van der Waals surface area contributed by atoms with Crippen molar-refractivity contribution in [2.24, 2.45) is 0 Å². The normalized spacial score (nSPS) is 11.8. The lowest BCUT2D eigenvalue weighted by Gasteiger charge is -2.03. The van der Waals surface area contributed by atoms with Gasteiger partial charge in [0, 0.05) is 31.0 Å². The van der Waals surface area contributed by atoms with Crippen LogP contribution in [-0.4, -0.2) is 41.5 Å². The molecule has 0 aromatic carbocycles. The van der Waals surface area contributed by atoms with Gasteiger partial charge in [-0.1, -0.05) is 6.92 Å². The van der Waals surface area contributed by atoms with Gasteiger partial charge in [-0.15, -0.1) is 0 Å². The van der Waals surface area contributed by atoms with Crippen molar-refractivity contribution < 1.29 is 8.42 Å². The maximum Gasteiger partial charge on any atom is 0.243 e. The summed E-state index contributed by atoms with van der Waals surface area (Å²) in [5, 5.41) is 13.6. The molecule has 2 rings (SSSR count). The highest BCUT2D eigenvalue weighted by atomic mass is 32.2. The lowest BCUT2D eigenvalue weighted by molar-refractivity contribution is 0.562. The molecule has 0 radical (unpaired) electrons. The van der Waals surface area contributed by atoms with E-state index in [0.717, 1.165) is 18.7 Å². The van der Waals surface area contributed by atoms with Gasteiger partial charge in [0.2, 0.25) is 10.0 Å². The third-order valence-electron chi connectivity index (χ3n) is 2.71. The maximum atomic E-state index is 12.1. The third-order valence-corrected chi connectivity index (χ3v) is 4.06. The predicted octanol–water partition coefficient (Wildman–Crippen LogP) is -0.306. The second-order valence-corrected chi connectivity index (χ2v) is 5.99. The van der Waals surface area contributed by atoms with Crippen molar-refractivity contribution in [1.82, 2.24) is 30.0 Å². The quantitative estimate of drug-likeness (QED) is 0.580. The fourth-order valence-electron chi connectivity index (χ4n) is 1.61. The first-order valence-electron chi connectivity index (χ1n) is 6.32. The fourth-order valence-corrected chi connectivity index (χ4v) is 2.58. The Labute approximate surface area is 117 Å². The second-order valence-electron chi connectivity index (χ2n) is 4.22. The molecular weight excluding hydrogens is 280 g/mol. The molecule has 2 aromatic rings. The van der Waals surface area contributed by atoms with E-state index in [2.05, 4.69) is 25.3 Å². The summed E-state index contributed by atoms with van der Waals surface area (Å²) < 4.78 is 28.2. The van der Waals surface area contributed by atoms with E-state index in [1.807, 2.05) is 6.92 Å². The highest BCUT2D eigenvalue weighted by Gasteiger charge is 2.16. The van der Waals surface area contributed by atoms with Crippen molar-refractivity contribution in [1.29, 1.82) is 0 Å². The molecule has 0 spiro atoms. The molecule has 110 valence electrons. The van der Waals surface area contributed by atoms with Crippen LogP contribution >= 0.6 is 0 Å². The minimum atomic E-state index is -3.54. The molecule has 0 aliphatic carbocycles. The van der Waals surface area contributed by atoms with Crippen LogP contribution in [0.15, 0.2) is 29.7 Å². The largest absolute Gasteiger partial charge is 0.315 e. The first-order chi connectivity index (χ1) is 9.62. The predicted molar refractivity (Wildman–Crippen MR) is 73.4 cm³/mol. The van der Waals surface area contributed by atoms with Crippen LogP contribution in [0.2, 0.25) is 0 Å². The number of hydrogen-bond donors (Lipinski definition) is 3. The number of H-pyrrole nitrogens is 1. The minimum Gasteiger partial charge on any atom is -0.315 e. The zero-order valence-electron chi connectivity index (χ0n) is 11.2. The van der Waals surface area contributed by atoms with Crippen molar-refractivity contribution in [3.8, 4) is 0 Å². The standard InChI is InChI=1S/C11H18N6O2S/c1-2-12-3-4-17-9-11(8-15-17)20(18,19)16-7-10-5-13-14-6-10/h5-6,8-9,12,16H,2-4,7H2,1H3,(H,13,14). The zero-order chi connectivity index (χ0) is 14.4. The molecule has 0 amide bonds. The van der Waals surface area contributed by atoms with Gasteiger partial charge >= 0.3 is 0 Å². The van der Waals surface area contributed by atoms with Crippen molar-refractivity contribution in [2.75, 3.05) is 13.1 Å². The van der Waals surface area contributed by atoms with E-state index in [1.165, 1.54) is 12.4 Å². The summed E-state index contributed by atoms with van der Waals surface area (Å²) >= 11 is 0. The number of aromatic nitrogens is 4. The lowest BCUT2D eigenvalue weighted by Crippen LogP contribution is -2.23. The summed E-state index contributed by atoms with van der Waals surface area (Å²) in [5.41, 5.74) is 0.771. The lowest BCUT2D eigenvalue weighted by atomic mass is 10.4. The Balaban J connectivity index is 1.95. The van der Waals surface area contributed by atoms with Gasteiger partial charge in [0.05, 0.1) is 18.9 Å². The van der Waals surface area contributed by atoms with Gasteiger partial charge in [-0.3, -0.25) is 9.78 Å². The molecule has 9 heteroatoms. The van der Waals surface area contributed by atoms with E-state index >= 15 is 0 Å². The smallest absolute Gasteiger partial charge is 0.243 e. The second kappa shape index (κ2) is 6.64. The van der Waals surface area contributed by atoms with Gasteiger partial charge in [-0.05, 0) is 6.54 Å².